The predicted octanol–water partition coefficient (Wildman–Crippen LogP) is 15.3. The van der Waals surface area contributed by atoms with Crippen molar-refractivity contribution in [1.82, 2.24) is 0 Å². The topological polar surface area (TPSA) is 6.48 Å². The van der Waals surface area contributed by atoms with Crippen LogP contribution in [0.4, 0.5) is 34.1 Å². The molecule has 50 heavy (non-hydrogen) atoms. The predicted molar refractivity (Wildman–Crippen MR) is 217 cm³/mol. The zero-order valence-electron chi connectivity index (χ0n) is 26.4. The summed E-state index contributed by atoms with van der Waals surface area (Å²) in [6.45, 7) is 0. The Bertz CT molecular complexity index is 2370. The normalized spacial score (nSPS) is 11.6. The lowest BCUT2D eigenvalue weighted by Crippen LogP contribution is -2.11. The van der Waals surface area contributed by atoms with Gasteiger partial charge in [0, 0.05) is 53.6 Å². The van der Waals surface area contributed by atoms with Gasteiger partial charge in [0.25, 0.3) is 0 Å². The van der Waals surface area contributed by atoms with Crippen molar-refractivity contribution >= 4 is 124 Å². The first-order chi connectivity index (χ1) is 24.4. The average Bonchev–Trinajstić information content (AvgIpc) is 3.14. The third-order valence-electron chi connectivity index (χ3n) is 9.44. The summed E-state index contributed by atoms with van der Waals surface area (Å²) in [5.41, 5.74) is 6.16. The van der Waals surface area contributed by atoms with Crippen molar-refractivity contribution in [2.45, 2.75) is 0 Å². The van der Waals surface area contributed by atoms with Crippen molar-refractivity contribution in [3.63, 3.8) is 0 Å². The Labute approximate surface area is 309 Å². The van der Waals surface area contributed by atoms with Gasteiger partial charge < -0.3 is 9.80 Å². The first-order valence-electron chi connectivity index (χ1n) is 16.2. The maximum absolute atomic E-state index is 6.34. The van der Waals surface area contributed by atoms with Gasteiger partial charge in [-0.2, -0.15) is 0 Å². The monoisotopic (exact) mass is 722 g/mol. The Morgan fingerprint density at radius 1 is 0.260 bits per heavy atom. The number of fused-ring (bicyclic) bond motifs is 2. The molecule has 0 aliphatic carbocycles. The molecule has 9 rings (SSSR count). The van der Waals surface area contributed by atoms with Crippen molar-refractivity contribution in [3.05, 3.63) is 178 Å². The second kappa shape index (κ2) is 12.4. The smallest absolute Gasteiger partial charge is 0.0540 e. The Morgan fingerprint density at radius 2 is 0.520 bits per heavy atom. The Kier molecular flexibility index (Phi) is 7.71. The molecule has 0 fully saturated rings. The van der Waals surface area contributed by atoms with Crippen LogP contribution in [0.1, 0.15) is 0 Å². The number of hydrogen-bond donors (Lipinski definition) is 0. The van der Waals surface area contributed by atoms with Gasteiger partial charge in [0.2, 0.25) is 0 Å². The van der Waals surface area contributed by atoms with Gasteiger partial charge >= 0.3 is 0 Å². The maximum atomic E-state index is 6.34. The lowest BCUT2D eigenvalue weighted by molar-refractivity contribution is 1.30. The fourth-order valence-electron chi connectivity index (χ4n) is 7.29. The summed E-state index contributed by atoms with van der Waals surface area (Å²) in [5.74, 6) is 0. The second-order valence-corrected chi connectivity index (χ2v) is 14.0. The molecule has 0 amide bonds. The quantitative estimate of drug-likeness (QED) is 0.124. The number of anilines is 6. The summed E-state index contributed by atoms with van der Waals surface area (Å²) < 4.78 is 0. The van der Waals surface area contributed by atoms with Gasteiger partial charge in [0.1, 0.15) is 0 Å². The summed E-state index contributed by atoms with van der Waals surface area (Å²) in [4.78, 5) is 4.54. The van der Waals surface area contributed by atoms with Gasteiger partial charge in [-0.05, 0) is 142 Å². The third-order valence-corrected chi connectivity index (χ3v) is 10.4. The Morgan fingerprint density at radius 3 is 0.820 bits per heavy atom. The van der Waals surface area contributed by atoms with Crippen LogP contribution in [-0.2, 0) is 0 Å². The molecule has 9 aromatic rings. The minimum absolute atomic E-state index is 0.691. The molecular formula is C44H26Cl4N2. The first kappa shape index (κ1) is 31.1. The highest BCUT2D eigenvalue weighted by Crippen LogP contribution is 2.49. The van der Waals surface area contributed by atoms with E-state index in [1.807, 2.05) is 48.5 Å². The van der Waals surface area contributed by atoms with Crippen LogP contribution >= 0.6 is 46.4 Å². The van der Waals surface area contributed by atoms with E-state index in [1.165, 1.54) is 32.3 Å². The molecule has 9 aromatic carbocycles. The molecule has 2 nitrogen and oxygen atoms in total. The molecule has 0 spiro atoms. The molecule has 0 bridgehead atoms. The van der Waals surface area contributed by atoms with Crippen LogP contribution in [-0.4, -0.2) is 0 Å². The van der Waals surface area contributed by atoms with Crippen molar-refractivity contribution in [1.29, 1.82) is 0 Å². The minimum Gasteiger partial charge on any atom is -0.310 e. The number of halogens is 4. The van der Waals surface area contributed by atoms with Crippen LogP contribution in [0.3, 0.4) is 0 Å². The number of benzene rings is 9. The largest absolute Gasteiger partial charge is 0.310 e. The summed E-state index contributed by atoms with van der Waals surface area (Å²) in [7, 11) is 0. The standard InChI is InChI=1S/C44H26Cl4N2/c45-27-7-15-31(16-8-27)49(32-17-9-28(46)10-18-32)41-25-23-37-38-24-26-42(40-6-2-4-36(44(38)40)35-3-1-5-39(41)43(35)37)50(33-19-11-29(47)12-20-33)34-21-13-30(48)14-22-34/h1-26H. The number of hydrogen-bond acceptors (Lipinski definition) is 2. The van der Waals surface area contributed by atoms with Crippen LogP contribution in [0.2, 0.25) is 20.1 Å². The van der Waals surface area contributed by atoms with Crippen LogP contribution in [0.25, 0.3) is 43.1 Å². The van der Waals surface area contributed by atoms with Crippen LogP contribution in [0.5, 0.6) is 0 Å². The van der Waals surface area contributed by atoms with E-state index in [-0.39, 0.29) is 0 Å². The lowest BCUT2D eigenvalue weighted by atomic mass is 9.88. The molecular weight excluding hydrogens is 698 g/mol. The first-order valence-corrected chi connectivity index (χ1v) is 17.7. The zero-order valence-corrected chi connectivity index (χ0v) is 29.4. The molecule has 0 heterocycles. The summed E-state index contributed by atoms with van der Waals surface area (Å²) >= 11 is 25.4. The molecule has 0 unspecified atom stereocenters. The van der Waals surface area contributed by atoms with E-state index in [4.69, 9.17) is 46.4 Å². The summed E-state index contributed by atoms with van der Waals surface area (Å²) in [6.07, 6.45) is 0. The van der Waals surface area contributed by atoms with Gasteiger partial charge in [-0.25, -0.2) is 0 Å². The zero-order chi connectivity index (χ0) is 33.9. The van der Waals surface area contributed by atoms with Crippen molar-refractivity contribution in [2.24, 2.45) is 0 Å². The fourth-order valence-corrected chi connectivity index (χ4v) is 7.79. The van der Waals surface area contributed by atoms with Crippen LogP contribution < -0.4 is 9.80 Å². The molecule has 6 heteroatoms. The minimum atomic E-state index is 0.691. The summed E-state index contributed by atoms with van der Waals surface area (Å²) in [5, 5.41) is 12.3. The number of rotatable bonds is 6. The highest BCUT2D eigenvalue weighted by Gasteiger charge is 2.22. The molecule has 0 aromatic heterocycles. The molecule has 0 aliphatic heterocycles. The molecule has 0 N–H and O–H groups in total. The highest BCUT2D eigenvalue weighted by molar-refractivity contribution is 6.36. The van der Waals surface area contributed by atoms with E-state index >= 15 is 0 Å². The van der Waals surface area contributed by atoms with Crippen molar-refractivity contribution in [2.75, 3.05) is 9.80 Å². The van der Waals surface area contributed by atoms with Gasteiger partial charge in [-0.1, -0.05) is 94.9 Å². The fraction of sp³-hybridized carbons (Fsp3) is 0. The molecule has 0 aliphatic rings. The van der Waals surface area contributed by atoms with E-state index in [0.717, 1.165) is 44.9 Å². The van der Waals surface area contributed by atoms with Gasteiger partial charge in [-0.15, -0.1) is 0 Å². The molecule has 240 valence electrons. The molecule has 0 saturated carbocycles. The Hall–Kier alpha value is -4.96. The van der Waals surface area contributed by atoms with Gasteiger partial charge in [0.15, 0.2) is 0 Å². The SMILES string of the molecule is Clc1ccc(N(c2ccc(Cl)cc2)c2ccc3c4ccc(N(c5ccc(Cl)cc5)c5ccc(Cl)cc5)c5cccc(c6cccc2c63)c54)cc1. The van der Waals surface area contributed by atoms with Crippen LogP contribution in [0.15, 0.2) is 158 Å². The Balaban J connectivity index is 1.31. The van der Waals surface area contributed by atoms with Crippen LogP contribution in [0, 0.1) is 0 Å². The maximum Gasteiger partial charge on any atom is 0.0540 e. The summed E-state index contributed by atoms with van der Waals surface area (Å²) in [6, 6.07) is 54.1. The average molecular weight is 725 g/mol. The van der Waals surface area contributed by atoms with Gasteiger partial charge in [0.05, 0.1) is 11.4 Å². The number of nitrogens with zero attached hydrogens (tertiary/aromatic N) is 2. The molecule has 0 radical (unpaired) electrons. The molecule has 0 atom stereocenters. The van der Waals surface area contributed by atoms with E-state index in [1.54, 1.807) is 0 Å². The van der Waals surface area contributed by atoms with Crippen molar-refractivity contribution in [3.8, 4) is 0 Å². The third kappa shape index (κ3) is 5.19. The van der Waals surface area contributed by atoms with Crippen molar-refractivity contribution < 1.29 is 0 Å². The van der Waals surface area contributed by atoms with E-state index in [9.17, 15) is 0 Å². The second-order valence-electron chi connectivity index (χ2n) is 12.3. The van der Waals surface area contributed by atoms with E-state index in [2.05, 4.69) is 119 Å². The van der Waals surface area contributed by atoms with Gasteiger partial charge in [-0.3, -0.25) is 0 Å². The van der Waals surface area contributed by atoms with E-state index < -0.39 is 0 Å². The lowest BCUT2D eigenvalue weighted by Gasteiger charge is -2.29. The van der Waals surface area contributed by atoms with E-state index in [0.29, 0.717) is 20.1 Å². The highest BCUT2D eigenvalue weighted by atomic mass is 35.5. The molecule has 0 saturated heterocycles.